The van der Waals surface area contributed by atoms with Gasteiger partial charge in [-0.1, -0.05) is 26.0 Å². The molecule has 2 N–H and O–H groups in total. The van der Waals surface area contributed by atoms with E-state index in [2.05, 4.69) is 37.9 Å². The molecule has 2 aromatic rings. The second kappa shape index (κ2) is 5.71. The first-order valence-corrected chi connectivity index (χ1v) is 6.96. The fourth-order valence-electron chi connectivity index (χ4n) is 2.62. The Balaban J connectivity index is 2.04. The minimum atomic E-state index is 0.0834. The van der Waals surface area contributed by atoms with E-state index in [1.54, 1.807) is 6.26 Å². The first-order valence-electron chi connectivity index (χ1n) is 6.96. The number of anilines is 1. The highest BCUT2D eigenvalue weighted by molar-refractivity contribution is 5.41. The Morgan fingerprint density at radius 2 is 1.80 bits per heavy atom. The molecule has 0 bridgehead atoms. The van der Waals surface area contributed by atoms with Crippen molar-refractivity contribution in [3.05, 3.63) is 53.5 Å². The lowest BCUT2D eigenvalue weighted by Crippen LogP contribution is -2.34. The molecule has 0 unspecified atom stereocenters. The van der Waals surface area contributed by atoms with Gasteiger partial charge in [-0.15, -0.1) is 0 Å². The molecule has 1 aromatic heterocycles. The van der Waals surface area contributed by atoms with Gasteiger partial charge in [0.05, 0.1) is 6.26 Å². The van der Waals surface area contributed by atoms with E-state index >= 15 is 0 Å². The van der Waals surface area contributed by atoms with Gasteiger partial charge in [0.15, 0.2) is 0 Å². The largest absolute Gasteiger partial charge is 0.469 e. The van der Waals surface area contributed by atoms with E-state index in [1.807, 2.05) is 25.1 Å². The standard InChI is InChI=1S/C17H24N2O/c1-13-14(9-10-20-13)11-19(4)12-17(2,3)15-5-7-16(18)8-6-15/h5-10H,11-12,18H2,1-4H3. The summed E-state index contributed by atoms with van der Waals surface area (Å²) in [7, 11) is 2.14. The topological polar surface area (TPSA) is 42.4 Å². The van der Waals surface area contributed by atoms with Gasteiger partial charge in [-0.3, -0.25) is 0 Å². The Labute approximate surface area is 121 Å². The number of aryl methyl sites for hydroxylation is 1. The lowest BCUT2D eigenvalue weighted by molar-refractivity contribution is 0.259. The Bertz CT molecular complexity index is 555. The summed E-state index contributed by atoms with van der Waals surface area (Å²) < 4.78 is 5.35. The summed E-state index contributed by atoms with van der Waals surface area (Å²) in [5, 5.41) is 0. The monoisotopic (exact) mass is 272 g/mol. The van der Waals surface area contributed by atoms with Gasteiger partial charge in [0.1, 0.15) is 5.76 Å². The molecular formula is C17H24N2O. The SMILES string of the molecule is Cc1occc1CN(C)CC(C)(C)c1ccc(N)cc1. The van der Waals surface area contributed by atoms with Crippen LogP contribution in [-0.2, 0) is 12.0 Å². The van der Waals surface area contributed by atoms with Gasteiger partial charge < -0.3 is 15.1 Å². The van der Waals surface area contributed by atoms with Crippen molar-refractivity contribution in [1.82, 2.24) is 4.90 Å². The van der Waals surface area contributed by atoms with E-state index < -0.39 is 0 Å². The molecule has 0 saturated carbocycles. The minimum absolute atomic E-state index is 0.0834. The summed E-state index contributed by atoms with van der Waals surface area (Å²) in [5.41, 5.74) is 9.21. The average molecular weight is 272 g/mol. The van der Waals surface area contributed by atoms with Crippen LogP contribution >= 0.6 is 0 Å². The van der Waals surface area contributed by atoms with Gasteiger partial charge in [0.25, 0.3) is 0 Å². The van der Waals surface area contributed by atoms with Crippen LogP contribution in [0.2, 0.25) is 0 Å². The number of benzene rings is 1. The maximum Gasteiger partial charge on any atom is 0.105 e. The van der Waals surface area contributed by atoms with E-state index in [4.69, 9.17) is 10.2 Å². The Hall–Kier alpha value is -1.74. The zero-order valence-corrected chi connectivity index (χ0v) is 12.8. The van der Waals surface area contributed by atoms with Crippen molar-refractivity contribution in [3.8, 4) is 0 Å². The fourth-order valence-corrected chi connectivity index (χ4v) is 2.62. The first kappa shape index (κ1) is 14.7. The van der Waals surface area contributed by atoms with Crippen molar-refractivity contribution >= 4 is 5.69 Å². The van der Waals surface area contributed by atoms with Crippen LogP contribution in [0.25, 0.3) is 0 Å². The minimum Gasteiger partial charge on any atom is -0.469 e. The molecule has 0 atom stereocenters. The van der Waals surface area contributed by atoms with Crippen molar-refractivity contribution in [3.63, 3.8) is 0 Å². The zero-order valence-electron chi connectivity index (χ0n) is 12.8. The second-order valence-electron chi connectivity index (χ2n) is 6.18. The number of nitrogens with two attached hydrogens (primary N) is 1. The summed E-state index contributed by atoms with van der Waals surface area (Å²) in [5.74, 6) is 1.00. The predicted molar refractivity (Wildman–Crippen MR) is 83.7 cm³/mol. The summed E-state index contributed by atoms with van der Waals surface area (Å²) in [4.78, 5) is 2.33. The molecule has 0 radical (unpaired) electrons. The van der Waals surface area contributed by atoms with Crippen molar-refractivity contribution in [2.45, 2.75) is 32.7 Å². The molecule has 1 heterocycles. The van der Waals surface area contributed by atoms with E-state index in [9.17, 15) is 0 Å². The predicted octanol–water partition coefficient (Wildman–Crippen LogP) is 3.58. The van der Waals surface area contributed by atoms with E-state index in [-0.39, 0.29) is 5.41 Å². The van der Waals surface area contributed by atoms with Crippen LogP contribution in [0.4, 0.5) is 5.69 Å². The van der Waals surface area contributed by atoms with E-state index in [0.717, 1.165) is 24.5 Å². The molecule has 0 saturated heterocycles. The molecule has 0 aliphatic heterocycles. The smallest absolute Gasteiger partial charge is 0.105 e. The van der Waals surface area contributed by atoms with E-state index in [1.165, 1.54) is 11.1 Å². The number of hydrogen-bond acceptors (Lipinski definition) is 3. The van der Waals surface area contributed by atoms with Crippen LogP contribution < -0.4 is 5.73 Å². The van der Waals surface area contributed by atoms with Gasteiger partial charge in [-0.2, -0.15) is 0 Å². The molecule has 0 fully saturated rings. The molecule has 0 aliphatic rings. The third kappa shape index (κ3) is 3.42. The Morgan fingerprint density at radius 1 is 1.15 bits per heavy atom. The third-order valence-electron chi connectivity index (χ3n) is 3.76. The average Bonchev–Trinajstić information content (AvgIpc) is 2.74. The third-order valence-corrected chi connectivity index (χ3v) is 3.76. The van der Waals surface area contributed by atoms with Crippen LogP contribution in [0.5, 0.6) is 0 Å². The molecule has 1 aromatic carbocycles. The lowest BCUT2D eigenvalue weighted by Gasteiger charge is -2.31. The van der Waals surface area contributed by atoms with Gasteiger partial charge in [0, 0.05) is 29.8 Å². The molecule has 0 spiro atoms. The molecular weight excluding hydrogens is 248 g/mol. The highest BCUT2D eigenvalue weighted by Crippen LogP contribution is 2.25. The fraction of sp³-hybridized carbons (Fsp3) is 0.412. The maximum absolute atomic E-state index is 5.76. The normalized spacial score (nSPS) is 12.1. The number of furan rings is 1. The van der Waals surface area contributed by atoms with Crippen molar-refractivity contribution in [2.24, 2.45) is 0 Å². The van der Waals surface area contributed by atoms with E-state index in [0.29, 0.717) is 0 Å². The molecule has 0 amide bonds. The van der Waals surface area contributed by atoms with Crippen molar-refractivity contribution in [2.75, 3.05) is 19.3 Å². The van der Waals surface area contributed by atoms with Crippen molar-refractivity contribution < 1.29 is 4.42 Å². The molecule has 3 heteroatoms. The van der Waals surface area contributed by atoms with Crippen LogP contribution in [0.3, 0.4) is 0 Å². The van der Waals surface area contributed by atoms with Gasteiger partial charge in [-0.25, -0.2) is 0 Å². The first-order chi connectivity index (χ1) is 9.38. The van der Waals surface area contributed by atoms with Gasteiger partial charge >= 0.3 is 0 Å². The molecule has 108 valence electrons. The number of hydrogen-bond donors (Lipinski definition) is 1. The zero-order chi connectivity index (χ0) is 14.8. The highest BCUT2D eigenvalue weighted by Gasteiger charge is 2.22. The number of nitrogen functional groups attached to an aromatic ring is 1. The summed E-state index contributed by atoms with van der Waals surface area (Å²) >= 11 is 0. The second-order valence-corrected chi connectivity index (χ2v) is 6.18. The van der Waals surface area contributed by atoms with Crippen molar-refractivity contribution in [1.29, 1.82) is 0 Å². The quantitative estimate of drug-likeness (QED) is 0.846. The van der Waals surface area contributed by atoms with Crippen LogP contribution in [-0.4, -0.2) is 18.5 Å². The number of likely N-dealkylation sites (N-methyl/N-ethyl adjacent to an activating group) is 1. The summed E-state index contributed by atoms with van der Waals surface area (Å²) in [6, 6.07) is 10.2. The Morgan fingerprint density at radius 3 is 2.35 bits per heavy atom. The van der Waals surface area contributed by atoms with Crippen LogP contribution in [0, 0.1) is 6.92 Å². The van der Waals surface area contributed by atoms with Crippen LogP contribution in [0.15, 0.2) is 41.0 Å². The number of rotatable bonds is 5. The van der Waals surface area contributed by atoms with Crippen LogP contribution in [0.1, 0.15) is 30.7 Å². The van der Waals surface area contributed by atoms with Gasteiger partial charge in [0.2, 0.25) is 0 Å². The lowest BCUT2D eigenvalue weighted by atomic mass is 9.84. The molecule has 2 rings (SSSR count). The summed E-state index contributed by atoms with van der Waals surface area (Å²) in [6.45, 7) is 8.41. The Kier molecular flexibility index (Phi) is 4.19. The molecule has 3 nitrogen and oxygen atoms in total. The number of nitrogens with zero attached hydrogens (tertiary/aromatic N) is 1. The molecule has 0 aliphatic carbocycles. The van der Waals surface area contributed by atoms with Gasteiger partial charge in [-0.05, 0) is 37.7 Å². The highest BCUT2D eigenvalue weighted by atomic mass is 16.3. The maximum atomic E-state index is 5.76. The summed E-state index contributed by atoms with van der Waals surface area (Å²) in [6.07, 6.45) is 1.75. The molecule has 20 heavy (non-hydrogen) atoms.